The van der Waals surface area contributed by atoms with E-state index in [-0.39, 0.29) is 6.10 Å². The quantitative estimate of drug-likeness (QED) is 0.890. The predicted octanol–water partition coefficient (Wildman–Crippen LogP) is 2.60. The molecule has 2 rings (SSSR count). The number of hydrogen-bond acceptors (Lipinski definition) is 3. The van der Waals surface area contributed by atoms with Crippen LogP contribution in [-0.2, 0) is 4.74 Å². The summed E-state index contributed by atoms with van der Waals surface area (Å²) >= 11 is 0. The van der Waals surface area contributed by atoms with Crippen molar-refractivity contribution in [1.29, 1.82) is 0 Å². The van der Waals surface area contributed by atoms with Crippen LogP contribution in [-0.4, -0.2) is 31.9 Å². The molecule has 1 fully saturated rings. The lowest BCUT2D eigenvalue weighted by atomic mass is 9.99. The highest BCUT2D eigenvalue weighted by molar-refractivity contribution is 5.47. The Balaban J connectivity index is 1.93. The molecule has 1 heterocycles. The zero-order valence-corrected chi connectivity index (χ0v) is 11.3. The van der Waals surface area contributed by atoms with Gasteiger partial charge in [-0.25, -0.2) is 0 Å². The molecule has 0 aliphatic carbocycles. The van der Waals surface area contributed by atoms with Crippen LogP contribution in [0.4, 0.5) is 5.69 Å². The first-order valence-corrected chi connectivity index (χ1v) is 6.73. The largest absolute Gasteiger partial charge is 0.389 e. The summed E-state index contributed by atoms with van der Waals surface area (Å²) < 4.78 is 5.38. The lowest BCUT2D eigenvalue weighted by molar-refractivity contribution is 0.0685. The van der Waals surface area contributed by atoms with E-state index in [0.717, 1.165) is 44.1 Å². The summed E-state index contributed by atoms with van der Waals surface area (Å²) in [6.07, 6.45) is 1.94. The molecule has 0 amide bonds. The fraction of sp³-hybridized carbons (Fsp3) is 0.600. The molecule has 1 atom stereocenters. The molecule has 0 spiro atoms. The standard InChI is InChI=1S/C15H23NO2/c1-12(17)14-3-5-15(6-4-14)16(2)11-13-7-9-18-10-8-13/h3-6,12-13,17H,7-11H2,1-2H3/t12-/m0/s1. The molecule has 0 aromatic heterocycles. The number of aliphatic hydroxyl groups is 1. The van der Waals surface area contributed by atoms with Crippen LogP contribution >= 0.6 is 0 Å². The Morgan fingerprint density at radius 3 is 2.44 bits per heavy atom. The van der Waals surface area contributed by atoms with Gasteiger partial charge < -0.3 is 14.7 Å². The smallest absolute Gasteiger partial charge is 0.0761 e. The highest BCUT2D eigenvalue weighted by atomic mass is 16.5. The van der Waals surface area contributed by atoms with Crippen LogP contribution in [0.5, 0.6) is 0 Å². The van der Waals surface area contributed by atoms with Crippen LogP contribution in [0, 0.1) is 5.92 Å². The molecular formula is C15H23NO2. The van der Waals surface area contributed by atoms with Crippen molar-refractivity contribution >= 4 is 5.69 Å². The lowest BCUT2D eigenvalue weighted by Crippen LogP contribution is -2.29. The van der Waals surface area contributed by atoms with Crippen LogP contribution in [0.2, 0.25) is 0 Å². The lowest BCUT2D eigenvalue weighted by Gasteiger charge is -2.28. The van der Waals surface area contributed by atoms with E-state index in [4.69, 9.17) is 4.74 Å². The molecule has 18 heavy (non-hydrogen) atoms. The second-order valence-electron chi connectivity index (χ2n) is 5.20. The van der Waals surface area contributed by atoms with Gasteiger partial charge in [-0.15, -0.1) is 0 Å². The van der Waals surface area contributed by atoms with Crippen molar-refractivity contribution in [2.75, 3.05) is 31.7 Å². The number of benzene rings is 1. The van der Waals surface area contributed by atoms with Gasteiger partial charge in [0.25, 0.3) is 0 Å². The molecule has 1 aromatic carbocycles. The number of nitrogens with zero attached hydrogens (tertiary/aromatic N) is 1. The molecule has 3 nitrogen and oxygen atoms in total. The molecule has 0 unspecified atom stereocenters. The minimum Gasteiger partial charge on any atom is -0.389 e. The molecule has 0 saturated carbocycles. The first kappa shape index (κ1) is 13.4. The van der Waals surface area contributed by atoms with Gasteiger partial charge in [-0.3, -0.25) is 0 Å². The second-order valence-corrected chi connectivity index (χ2v) is 5.20. The maximum absolute atomic E-state index is 9.49. The fourth-order valence-electron chi connectivity index (χ4n) is 2.43. The summed E-state index contributed by atoms with van der Waals surface area (Å²) in [5, 5.41) is 9.49. The molecule has 0 radical (unpaired) electrons. The predicted molar refractivity (Wildman–Crippen MR) is 73.9 cm³/mol. The first-order chi connectivity index (χ1) is 8.66. The summed E-state index contributed by atoms with van der Waals surface area (Å²) in [5.41, 5.74) is 2.18. The van der Waals surface area contributed by atoms with E-state index in [1.54, 1.807) is 6.92 Å². The van der Waals surface area contributed by atoms with Crippen LogP contribution in [0.1, 0.15) is 31.4 Å². The molecule has 3 heteroatoms. The Bertz CT molecular complexity index is 355. The minimum absolute atomic E-state index is 0.389. The third kappa shape index (κ3) is 3.47. The number of rotatable bonds is 4. The van der Waals surface area contributed by atoms with Gasteiger partial charge in [0.2, 0.25) is 0 Å². The van der Waals surface area contributed by atoms with Gasteiger partial charge in [0, 0.05) is 32.5 Å². The molecular weight excluding hydrogens is 226 g/mol. The van der Waals surface area contributed by atoms with Gasteiger partial charge in [0.1, 0.15) is 0 Å². The van der Waals surface area contributed by atoms with Crippen molar-refractivity contribution < 1.29 is 9.84 Å². The topological polar surface area (TPSA) is 32.7 Å². The van der Waals surface area contributed by atoms with Crippen molar-refractivity contribution in [3.05, 3.63) is 29.8 Å². The Labute approximate surface area is 109 Å². The Kier molecular flexibility index (Phi) is 4.61. The normalized spacial score (nSPS) is 18.6. The van der Waals surface area contributed by atoms with Gasteiger partial charge in [-0.1, -0.05) is 12.1 Å². The molecule has 100 valence electrons. The summed E-state index contributed by atoms with van der Waals surface area (Å²) in [7, 11) is 2.13. The van der Waals surface area contributed by atoms with Crippen molar-refractivity contribution in [3.8, 4) is 0 Å². The number of ether oxygens (including phenoxy) is 1. The van der Waals surface area contributed by atoms with E-state index in [9.17, 15) is 5.11 Å². The third-order valence-corrected chi connectivity index (χ3v) is 3.69. The van der Waals surface area contributed by atoms with Gasteiger partial charge in [0.05, 0.1) is 6.10 Å². The summed E-state index contributed by atoms with van der Waals surface area (Å²) in [5.74, 6) is 0.736. The van der Waals surface area contributed by atoms with Crippen LogP contribution in [0.25, 0.3) is 0 Å². The third-order valence-electron chi connectivity index (χ3n) is 3.69. The molecule has 1 aliphatic rings. The Morgan fingerprint density at radius 2 is 1.89 bits per heavy atom. The number of anilines is 1. The molecule has 1 aliphatic heterocycles. The van der Waals surface area contributed by atoms with E-state index in [1.165, 1.54) is 5.69 Å². The van der Waals surface area contributed by atoms with Gasteiger partial charge in [-0.2, -0.15) is 0 Å². The summed E-state index contributed by atoms with van der Waals surface area (Å²) in [4.78, 5) is 2.29. The highest BCUT2D eigenvalue weighted by Crippen LogP contribution is 2.21. The van der Waals surface area contributed by atoms with Gasteiger partial charge in [-0.05, 0) is 43.4 Å². The Morgan fingerprint density at radius 1 is 1.28 bits per heavy atom. The zero-order valence-electron chi connectivity index (χ0n) is 11.3. The van der Waals surface area contributed by atoms with Gasteiger partial charge in [0.15, 0.2) is 0 Å². The maximum Gasteiger partial charge on any atom is 0.0761 e. The second kappa shape index (κ2) is 6.21. The average Bonchev–Trinajstić information content (AvgIpc) is 2.40. The van der Waals surface area contributed by atoms with E-state index in [2.05, 4.69) is 24.1 Å². The molecule has 1 saturated heterocycles. The molecule has 1 N–H and O–H groups in total. The SMILES string of the molecule is C[C@H](O)c1ccc(N(C)CC2CCOCC2)cc1. The van der Waals surface area contributed by atoms with Crippen LogP contribution in [0.15, 0.2) is 24.3 Å². The zero-order chi connectivity index (χ0) is 13.0. The maximum atomic E-state index is 9.49. The average molecular weight is 249 g/mol. The first-order valence-electron chi connectivity index (χ1n) is 6.73. The van der Waals surface area contributed by atoms with Crippen molar-refractivity contribution in [1.82, 2.24) is 0 Å². The highest BCUT2D eigenvalue weighted by Gasteiger charge is 2.16. The summed E-state index contributed by atoms with van der Waals surface area (Å²) in [6.45, 7) is 4.68. The van der Waals surface area contributed by atoms with Crippen molar-refractivity contribution in [2.24, 2.45) is 5.92 Å². The minimum atomic E-state index is -0.389. The summed E-state index contributed by atoms with van der Waals surface area (Å²) in [6, 6.07) is 8.17. The van der Waals surface area contributed by atoms with Crippen molar-refractivity contribution in [2.45, 2.75) is 25.9 Å². The number of hydrogen-bond donors (Lipinski definition) is 1. The monoisotopic (exact) mass is 249 g/mol. The fourth-order valence-corrected chi connectivity index (χ4v) is 2.43. The number of aliphatic hydroxyl groups excluding tert-OH is 1. The van der Waals surface area contributed by atoms with Crippen molar-refractivity contribution in [3.63, 3.8) is 0 Å². The van der Waals surface area contributed by atoms with E-state index in [0.29, 0.717) is 0 Å². The van der Waals surface area contributed by atoms with E-state index in [1.807, 2.05) is 12.1 Å². The molecule has 1 aromatic rings. The van der Waals surface area contributed by atoms with Crippen LogP contribution < -0.4 is 4.90 Å². The van der Waals surface area contributed by atoms with E-state index < -0.39 is 0 Å². The Hall–Kier alpha value is -1.06. The van der Waals surface area contributed by atoms with E-state index >= 15 is 0 Å². The van der Waals surface area contributed by atoms with Gasteiger partial charge >= 0.3 is 0 Å². The molecule has 0 bridgehead atoms. The van der Waals surface area contributed by atoms with Crippen LogP contribution in [0.3, 0.4) is 0 Å².